The average Bonchev–Trinajstić information content (AvgIpc) is 2.70. The van der Waals surface area contributed by atoms with Gasteiger partial charge in [-0.25, -0.2) is 0 Å². The fourth-order valence-electron chi connectivity index (χ4n) is 0.934. The molecule has 0 spiro atoms. The monoisotopic (exact) mass is 258 g/mol. The lowest BCUT2D eigenvalue weighted by atomic mass is 10.4. The molecule has 0 fully saturated rings. The topological polar surface area (TPSA) is 72.3 Å². The maximum absolute atomic E-state index is 9.16. The van der Waals surface area contributed by atoms with E-state index in [0.717, 1.165) is 0 Å². The summed E-state index contributed by atoms with van der Waals surface area (Å²) < 4.78 is 10.7. The lowest BCUT2D eigenvalue weighted by Gasteiger charge is -1.91. The van der Waals surface area contributed by atoms with Crippen LogP contribution in [-0.2, 0) is 0 Å². The first-order chi connectivity index (χ1) is 6.66. The van der Waals surface area contributed by atoms with Crippen LogP contribution in [-0.4, -0.2) is 15.2 Å². The van der Waals surface area contributed by atoms with Crippen molar-refractivity contribution < 1.29 is 14.0 Å². The summed E-state index contributed by atoms with van der Waals surface area (Å²) in [6.07, 6.45) is -0.745. The molecule has 0 saturated carbocycles. The maximum Gasteiger partial charge on any atom is 0.293 e. The normalized spacial score (nSPS) is 13.1. The van der Waals surface area contributed by atoms with Crippen molar-refractivity contribution in [2.24, 2.45) is 0 Å². The molecule has 1 unspecified atom stereocenters. The van der Waals surface area contributed by atoms with Crippen molar-refractivity contribution in [1.29, 1.82) is 0 Å². The van der Waals surface area contributed by atoms with Crippen LogP contribution in [0.5, 0.6) is 0 Å². The van der Waals surface area contributed by atoms with Crippen LogP contribution in [0, 0.1) is 0 Å². The third-order valence-electron chi connectivity index (χ3n) is 1.60. The standard InChI is InChI=1S/C8H7BrN2O3/c1-4(12)7-10-8(14-11-7)5-2-3-6(9)13-5/h2-4,12H,1H3. The van der Waals surface area contributed by atoms with Crippen molar-refractivity contribution in [3.05, 3.63) is 22.6 Å². The predicted octanol–water partition coefficient (Wildman–Crippen LogP) is 2.15. The molecule has 0 bridgehead atoms. The summed E-state index contributed by atoms with van der Waals surface area (Å²) in [4.78, 5) is 3.95. The molecule has 14 heavy (non-hydrogen) atoms. The van der Waals surface area contributed by atoms with Gasteiger partial charge < -0.3 is 14.0 Å². The minimum atomic E-state index is -0.745. The van der Waals surface area contributed by atoms with Crippen LogP contribution in [0.2, 0.25) is 0 Å². The molecule has 0 radical (unpaired) electrons. The number of nitrogens with zero attached hydrogens (tertiary/aromatic N) is 2. The minimum absolute atomic E-state index is 0.243. The first-order valence-electron chi connectivity index (χ1n) is 3.94. The number of aliphatic hydroxyl groups excluding tert-OH is 1. The molecular formula is C8H7BrN2O3. The van der Waals surface area contributed by atoms with E-state index in [-0.39, 0.29) is 11.7 Å². The highest BCUT2D eigenvalue weighted by atomic mass is 79.9. The fraction of sp³-hybridized carbons (Fsp3) is 0.250. The molecule has 0 aliphatic rings. The number of rotatable bonds is 2. The number of aliphatic hydroxyl groups is 1. The first-order valence-corrected chi connectivity index (χ1v) is 4.73. The number of hydrogen-bond donors (Lipinski definition) is 1. The maximum atomic E-state index is 9.16. The van der Waals surface area contributed by atoms with E-state index in [9.17, 15) is 0 Å². The van der Waals surface area contributed by atoms with Crippen molar-refractivity contribution in [2.45, 2.75) is 13.0 Å². The molecule has 1 atom stereocenters. The van der Waals surface area contributed by atoms with Crippen LogP contribution < -0.4 is 0 Å². The molecule has 1 N–H and O–H groups in total. The molecule has 5 nitrogen and oxygen atoms in total. The van der Waals surface area contributed by atoms with Gasteiger partial charge in [0.25, 0.3) is 5.89 Å². The van der Waals surface area contributed by atoms with Gasteiger partial charge in [-0.05, 0) is 35.0 Å². The van der Waals surface area contributed by atoms with Gasteiger partial charge in [-0.15, -0.1) is 0 Å². The van der Waals surface area contributed by atoms with E-state index in [1.54, 1.807) is 19.1 Å². The van der Waals surface area contributed by atoms with Crippen LogP contribution in [0.3, 0.4) is 0 Å². The lowest BCUT2D eigenvalue weighted by molar-refractivity contribution is 0.184. The van der Waals surface area contributed by atoms with Crippen LogP contribution in [0.25, 0.3) is 11.7 Å². The van der Waals surface area contributed by atoms with Gasteiger partial charge in [0.15, 0.2) is 10.4 Å². The zero-order chi connectivity index (χ0) is 10.1. The first kappa shape index (κ1) is 9.42. The minimum Gasteiger partial charge on any atom is -0.444 e. The van der Waals surface area contributed by atoms with Crippen LogP contribution >= 0.6 is 15.9 Å². The Labute approximate surface area is 87.9 Å². The third-order valence-corrected chi connectivity index (χ3v) is 2.03. The van der Waals surface area contributed by atoms with Crippen molar-refractivity contribution >= 4 is 15.9 Å². The Hall–Kier alpha value is -1.14. The van der Waals surface area contributed by atoms with Gasteiger partial charge in [0, 0.05) is 0 Å². The summed E-state index contributed by atoms with van der Waals surface area (Å²) in [7, 11) is 0. The zero-order valence-corrected chi connectivity index (χ0v) is 8.85. The second-order valence-corrected chi connectivity index (χ2v) is 3.52. The van der Waals surface area contributed by atoms with Gasteiger partial charge >= 0.3 is 0 Å². The van der Waals surface area contributed by atoms with E-state index in [1.807, 2.05) is 0 Å². The Morgan fingerprint density at radius 1 is 1.50 bits per heavy atom. The summed E-state index contributed by atoms with van der Waals surface area (Å²) in [5.74, 6) is 0.968. The molecular weight excluding hydrogens is 252 g/mol. The summed E-state index contributed by atoms with van der Waals surface area (Å²) in [6.45, 7) is 1.56. The molecule has 2 heterocycles. The number of hydrogen-bond acceptors (Lipinski definition) is 5. The number of aromatic nitrogens is 2. The SMILES string of the molecule is CC(O)c1noc(-c2ccc(Br)o2)n1. The molecule has 2 rings (SSSR count). The summed E-state index contributed by atoms with van der Waals surface area (Å²) in [6, 6.07) is 3.42. The van der Waals surface area contributed by atoms with Gasteiger partial charge in [-0.2, -0.15) is 4.98 Å². The number of halogens is 1. The second-order valence-electron chi connectivity index (χ2n) is 2.74. The van der Waals surface area contributed by atoms with E-state index in [2.05, 4.69) is 26.1 Å². The Balaban J connectivity index is 2.33. The molecule has 0 saturated heterocycles. The van der Waals surface area contributed by atoms with E-state index >= 15 is 0 Å². The highest BCUT2D eigenvalue weighted by Gasteiger charge is 2.14. The van der Waals surface area contributed by atoms with E-state index in [4.69, 9.17) is 14.0 Å². The largest absolute Gasteiger partial charge is 0.444 e. The molecule has 6 heteroatoms. The van der Waals surface area contributed by atoms with Gasteiger partial charge in [-0.1, -0.05) is 5.16 Å². The Morgan fingerprint density at radius 2 is 2.29 bits per heavy atom. The Bertz CT molecular complexity index is 435. The molecule has 2 aromatic rings. The van der Waals surface area contributed by atoms with Gasteiger partial charge in [-0.3, -0.25) is 0 Å². The fourth-order valence-corrected chi connectivity index (χ4v) is 1.24. The lowest BCUT2D eigenvalue weighted by Crippen LogP contribution is -1.92. The Kier molecular flexibility index (Phi) is 2.39. The van der Waals surface area contributed by atoms with Crippen LogP contribution in [0.15, 0.2) is 25.7 Å². The zero-order valence-electron chi connectivity index (χ0n) is 7.27. The van der Waals surface area contributed by atoms with Crippen LogP contribution in [0.1, 0.15) is 18.9 Å². The van der Waals surface area contributed by atoms with Gasteiger partial charge in [0.1, 0.15) is 6.10 Å². The van der Waals surface area contributed by atoms with Crippen molar-refractivity contribution in [1.82, 2.24) is 10.1 Å². The third kappa shape index (κ3) is 1.71. The van der Waals surface area contributed by atoms with Gasteiger partial charge in [0.05, 0.1) is 0 Å². The summed E-state index contributed by atoms with van der Waals surface area (Å²) in [5, 5.41) is 12.8. The van der Waals surface area contributed by atoms with E-state index < -0.39 is 6.10 Å². The predicted molar refractivity (Wildman–Crippen MR) is 50.3 cm³/mol. The summed E-state index contributed by atoms with van der Waals surface area (Å²) >= 11 is 3.16. The molecule has 0 aliphatic heterocycles. The molecule has 0 amide bonds. The van der Waals surface area contributed by atoms with E-state index in [0.29, 0.717) is 10.4 Å². The highest BCUT2D eigenvalue weighted by Crippen LogP contribution is 2.24. The average molecular weight is 259 g/mol. The molecule has 0 aliphatic carbocycles. The van der Waals surface area contributed by atoms with Crippen molar-refractivity contribution in [3.8, 4) is 11.7 Å². The number of furan rings is 1. The Morgan fingerprint density at radius 3 is 2.79 bits per heavy atom. The van der Waals surface area contributed by atoms with Crippen molar-refractivity contribution in [2.75, 3.05) is 0 Å². The molecule has 74 valence electrons. The van der Waals surface area contributed by atoms with Gasteiger partial charge in [0.2, 0.25) is 5.82 Å². The molecule has 2 aromatic heterocycles. The molecule has 0 aromatic carbocycles. The van der Waals surface area contributed by atoms with Crippen molar-refractivity contribution in [3.63, 3.8) is 0 Å². The summed E-state index contributed by atoms with van der Waals surface area (Å²) in [5.41, 5.74) is 0. The van der Waals surface area contributed by atoms with Crippen LogP contribution in [0.4, 0.5) is 0 Å². The highest BCUT2D eigenvalue weighted by molar-refractivity contribution is 9.10. The quantitative estimate of drug-likeness (QED) is 0.894. The smallest absolute Gasteiger partial charge is 0.293 e. The van der Waals surface area contributed by atoms with E-state index in [1.165, 1.54) is 0 Å². The second kappa shape index (κ2) is 3.55.